The lowest BCUT2D eigenvalue weighted by atomic mass is 10.0. The van der Waals surface area contributed by atoms with Crippen LogP contribution in [0.15, 0.2) is 24.3 Å². The van der Waals surface area contributed by atoms with Crippen LogP contribution in [0.1, 0.15) is 62.4 Å². The number of carbonyl (C=O) groups is 2. The summed E-state index contributed by atoms with van der Waals surface area (Å²) in [6.45, 7) is 8.64. The molecule has 3 atom stereocenters. The normalized spacial score (nSPS) is 19.2. The van der Waals surface area contributed by atoms with Gasteiger partial charge in [0.05, 0.1) is 6.10 Å². The zero-order valence-corrected chi connectivity index (χ0v) is 16.4. The summed E-state index contributed by atoms with van der Waals surface area (Å²) in [4.78, 5) is 25.2. The maximum absolute atomic E-state index is 12.7. The number of aryl methyl sites for hydroxylation is 1. The number of amides is 2. The number of ether oxygens (including phenoxy) is 1. The van der Waals surface area contributed by atoms with E-state index >= 15 is 0 Å². The Morgan fingerprint density at radius 3 is 2.54 bits per heavy atom. The third kappa shape index (κ3) is 5.84. The summed E-state index contributed by atoms with van der Waals surface area (Å²) in [5.41, 5.74) is 1.51. The van der Waals surface area contributed by atoms with E-state index in [1.54, 1.807) is 6.07 Å². The molecule has 1 aliphatic heterocycles. The predicted molar refractivity (Wildman–Crippen MR) is 103 cm³/mol. The van der Waals surface area contributed by atoms with Crippen LogP contribution in [0.2, 0.25) is 0 Å². The van der Waals surface area contributed by atoms with Gasteiger partial charge in [-0.3, -0.25) is 9.59 Å². The van der Waals surface area contributed by atoms with Crippen LogP contribution in [-0.4, -0.2) is 36.6 Å². The zero-order chi connectivity index (χ0) is 19.1. The van der Waals surface area contributed by atoms with Gasteiger partial charge in [-0.15, -0.1) is 0 Å². The Labute approximate surface area is 156 Å². The minimum atomic E-state index is -0.549. The first-order chi connectivity index (χ1) is 12.4. The fourth-order valence-corrected chi connectivity index (χ4v) is 3.29. The lowest BCUT2D eigenvalue weighted by molar-refractivity contribution is -0.124. The molecule has 0 bridgehead atoms. The van der Waals surface area contributed by atoms with Crippen LogP contribution >= 0.6 is 0 Å². The summed E-state index contributed by atoms with van der Waals surface area (Å²) in [5, 5.41) is 5.95. The lowest BCUT2D eigenvalue weighted by Crippen LogP contribution is -2.51. The van der Waals surface area contributed by atoms with E-state index in [2.05, 4.69) is 10.6 Å². The van der Waals surface area contributed by atoms with E-state index in [9.17, 15) is 9.59 Å². The molecule has 1 saturated heterocycles. The van der Waals surface area contributed by atoms with Crippen LogP contribution in [0, 0.1) is 12.8 Å². The SMILES string of the molecule is Cc1ccccc1C(=O)NC(C(=O)NC(C)CCC1CCCO1)C(C)C. The minimum Gasteiger partial charge on any atom is -0.378 e. The van der Waals surface area contributed by atoms with Crippen molar-refractivity contribution in [3.8, 4) is 0 Å². The van der Waals surface area contributed by atoms with Crippen molar-refractivity contribution in [1.29, 1.82) is 0 Å². The molecule has 1 aromatic carbocycles. The summed E-state index contributed by atoms with van der Waals surface area (Å²) in [6, 6.07) is 6.92. The highest BCUT2D eigenvalue weighted by Crippen LogP contribution is 2.18. The van der Waals surface area contributed by atoms with E-state index in [1.165, 1.54) is 0 Å². The number of hydrogen-bond donors (Lipinski definition) is 2. The van der Waals surface area contributed by atoms with Crippen molar-refractivity contribution in [3.05, 3.63) is 35.4 Å². The quantitative estimate of drug-likeness (QED) is 0.748. The van der Waals surface area contributed by atoms with Gasteiger partial charge < -0.3 is 15.4 Å². The molecule has 1 aromatic rings. The molecule has 0 aliphatic carbocycles. The Bertz CT molecular complexity index is 609. The first kappa shape index (κ1) is 20.4. The Kier molecular flexibility index (Phi) is 7.64. The van der Waals surface area contributed by atoms with Gasteiger partial charge >= 0.3 is 0 Å². The van der Waals surface area contributed by atoms with E-state index in [-0.39, 0.29) is 23.8 Å². The van der Waals surface area contributed by atoms with Crippen LogP contribution in [0.25, 0.3) is 0 Å². The van der Waals surface area contributed by atoms with Gasteiger partial charge in [-0.05, 0) is 57.1 Å². The molecule has 2 rings (SSSR count). The summed E-state index contributed by atoms with van der Waals surface area (Å²) >= 11 is 0. The summed E-state index contributed by atoms with van der Waals surface area (Å²) < 4.78 is 5.64. The van der Waals surface area contributed by atoms with Crippen molar-refractivity contribution >= 4 is 11.8 Å². The third-order valence-corrected chi connectivity index (χ3v) is 4.96. The van der Waals surface area contributed by atoms with Gasteiger partial charge in [-0.25, -0.2) is 0 Å². The topological polar surface area (TPSA) is 67.4 Å². The van der Waals surface area contributed by atoms with Crippen LogP contribution < -0.4 is 10.6 Å². The van der Waals surface area contributed by atoms with Crippen LogP contribution in [-0.2, 0) is 9.53 Å². The Hall–Kier alpha value is -1.88. The number of carbonyl (C=O) groups excluding carboxylic acids is 2. The fourth-order valence-electron chi connectivity index (χ4n) is 3.29. The van der Waals surface area contributed by atoms with Crippen LogP contribution in [0.3, 0.4) is 0 Å². The summed E-state index contributed by atoms with van der Waals surface area (Å²) in [5.74, 6) is -0.320. The molecular weight excluding hydrogens is 328 g/mol. The molecule has 0 radical (unpaired) electrons. The molecule has 0 aromatic heterocycles. The van der Waals surface area contributed by atoms with Gasteiger partial charge in [0.25, 0.3) is 5.91 Å². The van der Waals surface area contributed by atoms with Crippen LogP contribution in [0.5, 0.6) is 0 Å². The van der Waals surface area contributed by atoms with Gasteiger partial charge in [0, 0.05) is 18.2 Å². The van der Waals surface area contributed by atoms with E-state index < -0.39 is 6.04 Å². The minimum absolute atomic E-state index is 0.00772. The van der Waals surface area contributed by atoms with Gasteiger partial charge in [-0.1, -0.05) is 32.0 Å². The highest BCUT2D eigenvalue weighted by atomic mass is 16.5. The maximum Gasteiger partial charge on any atom is 0.252 e. The molecule has 1 fully saturated rings. The smallest absolute Gasteiger partial charge is 0.252 e. The fraction of sp³-hybridized carbons (Fsp3) is 0.619. The molecule has 5 heteroatoms. The second kappa shape index (κ2) is 9.72. The second-order valence-electron chi connectivity index (χ2n) is 7.63. The van der Waals surface area contributed by atoms with Crippen LogP contribution in [0.4, 0.5) is 0 Å². The molecule has 0 saturated carbocycles. The van der Waals surface area contributed by atoms with Gasteiger partial charge in [0.15, 0.2) is 0 Å². The first-order valence-corrected chi connectivity index (χ1v) is 9.67. The maximum atomic E-state index is 12.7. The summed E-state index contributed by atoms with van der Waals surface area (Å²) in [6.07, 6.45) is 4.42. The monoisotopic (exact) mass is 360 g/mol. The second-order valence-corrected chi connectivity index (χ2v) is 7.63. The van der Waals surface area contributed by atoms with Crippen molar-refractivity contribution < 1.29 is 14.3 Å². The Balaban J connectivity index is 1.89. The number of rotatable bonds is 8. The molecule has 1 aliphatic rings. The van der Waals surface area contributed by atoms with Crippen molar-refractivity contribution in [1.82, 2.24) is 10.6 Å². The third-order valence-electron chi connectivity index (χ3n) is 4.96. The van der Waals surface area contributed by atoms with E-state index in [0.717, 1.165) is 37.9 Å². The highest BCUT2D eigenvalue weighted by Gasteiger charge is 2.26. The van der Waals surface area contributed by atoms with Crippen molar-refractivity contribution in [3.63, 3.8) is 0 Å². The molecule has 5 nitrogen and oxygen atoms in total. The number of hydrogen-bond acceptors (Lipinski definition) is 3. The van der Waals surface area contributed by atoms with Crippen molar-refractivity contribution in [2.45, 2.75) is 71.6 Å². The molecule has 1 heterocycles. The zero-order valence-electron chi connectivity index (χ0n) is 16.4. The molecule has 3 unspecified atom stereocenters. The first-order valence-electron chi connectivity index (χ1n) is 9.67. The van der Waals surface area contributed by atoms with E-state index in [1.807, 2.05) is 45.9 Å². The molecule has 2 N–H and O–H groups in total. The molecule has 144 valence electrons. The standard InChI is InChI=1S/C21H32N2O3/c1-14(2)19(23-20(24)18-10-6-5-8-15(18)3)21(25)22-16(4)11-12-17-9-7-13-26-17/h5-6,8,10,14,16-17,19H,7,9,11-13H2,1-4H3,(H,22,25)(H,23,24). The number of benzene rings is 1. The molecular formula is C21H32N2O3. The average molecular weight is 360 g/mol. The van der Waals surface area contributed by atoms with E-state index in [4.69, 9.17) is 4.74 Å². The lowest BCUT2D eigenvalue weighted by Gasteiger charge is -2.25. The Morgan fingerprint density at radius 2 is 1.92 bits per heavy atom. The van der Waals surface area contributed by atoms with Gasteiger partial charge in [0.2, 0.25) is 5.91 Å². The largest absolute Gasteiger partial charge is 0.378 e. The highest BCUT2D eigenvalue weighted by molar-refractivity contribution is 5.98. The van der Waals surface area contributed by atoms with Gasteiger partial charge in [0.1, 0.15) is 6.04 Å². The predicted octanol–water partition coefficient (Wildman–Crippen LogP) is 3.21. The number of nitrogens with one attached hydrogen (secondary N) is 2. The molecule has 0 spiro atoms. The van der Waals surface area contributed by atoms with Crippen molar-refractivity contribution in [2.24, 2.45) is 5.92 Å². The summed E-state index contributed by atoms with van der Waals surface area (Å²) in [7, 11) is 0. The molecule has 2 amide bonds. The average Bonchev–Trinajstić information content (AvgIpc) is 3.11. The Morgan fingerprint density at radius 1 is 1.19 bits per heavy atom. The van der Waals surface area contributed by atoms with E-state index in [0.29, 0.717) is 11.7 Å². The van der Waals surface area contributed by atoms with Gasteiger partial charge in [-0.2, -0.15) is 0 Å². The van der Waals surface area contributed by atoms with Crippen molar-refractivity contribution in [2.75, 3.05) is 6.61 Å². The molecule has 26 heavy (non-hydrogen) atoms.